The molecule has 2 aliphatic heterocycles. The molecule has 3 heterocycles. The number of rotatable bonds is 4. The van der Waals surface area contributed by atoms with Gasteiger partial charge >= 0.3 is 0 Å². The number of aromatic nitrogens is 3. The van der Waals surface area contributed by atoms with E-state index in [9.17, 15) is 4.79 Å². The normalized spacial score (nSPS) is 20.9. The number of amides is 1. The summed E-state index contributed by atoms with van der Waals surface area (Å²) >= 11 is 0. The van der Waals surface area contributed by atoms with Gasteiger partial charge < -0.3 is 4.90 Å². The van der Waals surface area contributed by atoms with Gasteiger partial charge in [-0.1, -0.05) is 43.7 Å². The number of carbonyl (C=O) groups is 1. The predicted molar refractivity (Wildman–Crippen MR) is 105 cm³/mol. The van der Waals surface area contributed by atoms with Crippen LogP contribution < -0.4 is 0 Å². The van der Waals surface area contributed by atoms with Gasteiger partial charge in [-0.05, 0) is 25.8 Å². The standard InChI is InChI=1S/C21H29N5O/c1-2-12-24-13-15-25(16-14-24)21(27)18-10-6-7-11-19-22-23-20(26(18)19)17-8-4-3-5-9-17/h3-5,8-9,18H,2,6-7,10-16H2,1H3. The summed E-state index contributed by atoms with van der Waals surface area (Å²) in [6.07, 6.45) is 5.07. The molecule has 1 saturated heterocycles. The third kappa shape index (κ3) is 3.76. The van der Waals surface area contributed by atoms with E-state index >= 15 is 0 Å². The van der Waals surface area contributed by atoms with Gasteiger partial charge in [0.05, 0.1) is 0 Å². The van der Waals surface area contributed by atoms with Crippen molar-refractivity contribution < 1.29 is 4.79 Å². The lowest BCUT2D eigenvalue weighted by atomic mass is 10.1. The maximum atomic E-state index is 13.4. The minimum absolute atomic E-state index is 0.176. The summed E-state index contributed by atoms with van der Waals surface area (Å²) in [7, 11) is 0. The molecule has 0 radical (unpaired) electrons. The third-order valence-electron chi connectivity index (χ3n) is 5.75. The smallest absolute Gasteiger partial charge is 0.245 e. The Kier molecular flexibility index (Phi) is 5.53. The number of hydrogen-bond donors (Lipinski definition) is 0. The first-order valence-corrected chi connectivity index (χ1v) is 10.3. The second kappa shape index (κ2) is 8.21. The van der Waals surface area contributed by atoms with Crippen LogP contribution in [0.3, 0.4) is 0 Å². The number of benzene rings is 1. The molecule has 1 atom stereocenters. The summed E-state index contributed by atoms with van der Waals surface area (Å²) in [4.78, 5) is 18.0. The van der Waals surface area contributed by atoms with Crippen molar-refractivity contribution in [2.75, 3.05) is 32.7 Å². The molecule has 2 aromatic rings. The Morgan fingerprint density at radius 2 is 1.85 bits per heavy atom. The fourth-order valence-corrected chi connectivity index (χ4v) is 4.31. The van der Waals surface area contributed by atoms with Gasteiger partial charge in [0.25, 0.3) is 0 Å². The highest BCUT2D eigenvalue weighted by Crippen LogP contribution is 2.30. The molecule has 6 heteroatoms. The van der Waals surface area contributed by atoms with Crippen LogP contribution in [-0.4, -0.2) is 63.2 Å². The number of carbonyl (C=O) groups excluding carboxylic acids is 1. The molecular formula is C21H29N5O. The van der Waals surface area contributed by atoms with E-state index < -0.39 is 0 Å². The summed E-state index contributed by atoms with van der Waals surface area (Å²) in [5.41, 5.74) is 1.03. The van der Waals surface area contributed by atoms with E-state index in [1.807, 2.05) is 30.3 Å². The zero-order valence-electron chi connectivity index (χ0n) is 16.2. The van der Waals surface area contributed by atoms with Crippen LogP contribution in [0, 0.1) is 0 Å². The topological polar surface area (TPSA) is 54.3 Å². The lowest BCUT2D eigenvalue weighted by Gasteiger charge is -2.36. The summed E-state index contributed by atoms with van der Waals surface area (Å²) in [5.74, 6) is 2.02. The van der Waals surface area contributed by atoms with E-state index in [0.29, 0.717) is 0 Å². The zero-order chi connectivity index (χ0) is 18.6. The molecule has 0 spiro atoms. The van der Waals surface area contributed by atoms with Crippen molar-refractivity contribution in [3.8, 4) is 11.4 Å². The van der Waals surface area contributed by atoms with Crippen molar-refractivity contribution in [2.45, 2.75) is 45.1 Å². The van der Waals surface area contributed by atoms with E-state index in [1.54, 1.807) is 0 Å². The molecule has 1 fully saturated rings. The van der Waals surface area contributed by atoms with Crippen LogP contribution in [0.2, 0.25) is 0 Å². The molecule has 1 amide bonds. The predicted octanol–water partition coefficient (Wildman–Crippen LogP) is 2.77. The Morgan fingerprint density at radius 3 is 2.59 bits per heavy atom. The van der Waals surface area contributed by atoms with Gasteiger partial charge in [-0.2, -0.15) is 0 Å². The molecule has 1 unspecified atom stereocenters. The largest absolute Gasteiger partial charge is 0.338 e. The van der Waals surface area contributed by atoms with Crippen LogP contribution in [0.15, 0.2) is 30.3 Å². The minimum atomic E-state index is -0.176. The van der Waals surface area contributed by atoms with E-state index in [2.05, 4.69) is 31.5 Å². The second-order valence-corrected chi connectivity index (χ2v) is 7.60. The second-order valence-electron chi connectivity index (χ2n) is 7.60. The van der Waals surface area contributed by atoms with Crippen LogP contribution in [0.5, 0.6) is 0 Å². The molecular weight excluding hydrogens is 338 g/mol. The third-order valence-corrected chi connectivity index (χ3v) is 5.75. The molecule has 1 aromatic carbocycles. The van der Waals surface area contributed by atoms with Gasteiger partial charge in [0.15, 0.2) is 5.82 Å². The van der Waals surface area contributed by atoms with Crippen molar-refractivity contribution in [2.24, 2.45) is 0 Å². The van der Waals surface area contributed by atoms with Gasteiger partial charge in [0.1, 0.15) is 11.9 Å². The quantitative estimate of drug-likeness (QED) is 0.834. The Balaban J connectivity index is 1.59. The van der Waals surface area contributed by atoms with Crippen LogP contribution in [0.4, 0.5) is 0 Å². The first-order chi connectivity index (χ1) is 13.3. The summed E-state index contributed by atoms with van der Waals surface area (Å²) < 4.78 is 2.13. The molecule has 2 aliphatic rings. The molecule has 0 bridgehead atoms. The fraction of sp³-hybridized carbons (Fsp3) is 0.571. The Labute approximate surface area is 161 Å². The first-order valence-electron chi connectivity index (χ1n) is 10.3. The highest BCUT2D eigenvalue weighted by Gasteiger charge is 2.33. The van der Waals surface area contributed by atoms with Gasteiger partial charge in [0.2, 0.25) is 5.91 Å². The molecule has 6 nitrogen and oxygen atoms in total. The SMILES string of the molecule is CCCN1CCN(C(=O)C2CCCCc3nnc(-c4ccccc4)n32)CC1. The van der Waals surface area contributed by atoms with E-state index in [0.717, 1.165) is 75.6 Å². The minimum Gasteiger partial charge on any atom is -0.338 e. The fourth-order valence-electron chi connectivity index (χ4n) is 4.31. The molecule has 144 valence electrons. The lowest BCUT2D eigenvalue weighted by molar-refractivity contribution is -0.136. The Bertz CT molecular complexity index is 764. The number of nitrogens with zero attached hydrogens (tertiary/aromatic N) is 5. The Morgan fingerprint density at radius 1 is 1.07 bits per heavy atom. The highest BCUT2D eigenvalue weighted by atomic mass is 16.2. The van der Waals surface area contributed by atoms with E-state index in [1.165, 1.54) is 6.42 Å². The van der Waals surface area contributed by atoms with Gasteiger partial charge in [-0.3, -0.25) is 14.3 Å². The number of hydrogen-bond acceptors (Lipinski definition) is 4. The monoisotopic (exact) mass is 367 g/mol. The zero-order valence-corrected chi connectivity index (χ0v) is 16.2. The summed E-state index contributed by atoms with van der Waals surface area (Å²) in [5, 5.41) is 8.90. The molecule has 0 saturated carbocycles. The van der Waals surface area contributed by atoms with Crippen LogP contribution >= 0.6 is 0 Å². The number of piperazine rings is 1. The maximum absolute atomic E-state index is 13.4. The van der Waals surface area contributed by atoms with Gasteiger partial charge in [0, 0.05) is 38.2 Å². The maximum Gasteiger partial charge on any atom is 0.245 e. The highest BCUT2D eigenvalue weighted by molar-refractivity contribution is 5.81. The molecule has 4 rings (SSSR count). The van der Waals surface area contributed by atoms with E-state index in [4.69, 9.17) is 0 Å². The molecule has 0 aliphatic carbocycles. The first kappa shape index (κ1) is 18.2. The summed E-state index contributed by atoms with van der Waals surface area (Å²) in [6.45, 7) is 6.95. The molecule has 0 N–H and O–H groups in total. The van der Waals surface area contributed by atoms with Gasteiger partial charge in [-0.25, -0.2) is 0 Å². The van der Waals surface area contributed by atoms with Gasteiger partial charge in [-0.15, -0.1) is 10.2 Å². The van der Waals surface area contributed by atoms with Crippen molar-refractivity contribution in [3.05, 3.63) is 36.2 Å². The van der Waals surface area contributed by atoms with Crippen molar-refractivity contribution in [1.82, 2.24) is 24.6 Å². The van der Waals surface area contributed by atoms with Crippen LogP contribution in [-0.2, 0) is 11.2 Å². The average Bonchev–Trinajstić information content (AvgIpc) is 3.01. The van der Waals surface area contributed by atoms with Crippen molar-refractivity contribution in [1.29, 1.82) is 0 Å². The van der Waals surface area contributed by atoms with Crippen molar-refractivity contribution >= 4 is 5.91 Å². The number of fused-ring (bicyclic) bond motifs is 1. The summed E-state index contributed by atoms with van der Waals surface area (Å²) in [6, 6.07) is 9.95. The average molecular weight is 367 g/mol. The van der Waals surface area contributed by atoms with Crippen LogP contribution in [0.1, 0.15) is 44.5 Å². The van der Waals surface area contributed by atoms with Crippen LogP contribution in [0.25, 0.3) is 11.4 Å². The molecule has 27 heavy (non-hydrogen) atoms. The number of aryl methyl sites for hydroxylation is 1. The Hall–Kier alpha value is -2.21. The van der Waals surface area contributed by atoms with Crippen molar-refractivity contribution in [3.63, 3.8) is 0 Å². The molecule has 1 aromatic heterocycles. The lowest BCUT2D eigenvalue weighted by Crippen LogP contribution is -2.50. The van der Waals surface area contributed by atoms with E-state index in [-0.39, 0.29) is 11.9 Å².